The Balaban J connectivity index is -0.000000387. The predicted octanol–water partition coefficient (Wildman–Crippen LogP) is 1.64. The highest BCUT2D eigenvalue weighted by Gasteiger charge is 2.21. The summed E-state index contributed by atoms with van der Waals surface area (Å²) in [6, 6.07) is -0.0685. The van der Waals surface area contributed by atoms with Crippen LogP contribution in [-0.2, 0) is 30.1 Å². The summed E-state index contributed by atoms with van der Waals surface area (Å²) in [6.45, 7) is 18.1. The highest BCUT2D eigenvalue weighted by Crippen LogP contribution is 2.15. The molecule has 9 nitrogen and oxygen atoms in total. The van der Waals surface area contributed by atoms with Crippen LogP contribution in [0.3, 0.4) is 0 Å². The van der Waals surface area contributed by atoms with Crippen molar-refractivity contribution in [3.8, 4) is 11.8 Å². The average molecular weight is 506 g/mol. The van der Waals surface area contributed by atoms with Crippen LogP contribution in [0.2, 0.25) is 0 Å². The zero-order valence-electron chi connectivity index (χ0n) is 20.8. The Kier molecular flexibility index (Phi) is 17.1. The molecule has 0 saturated carbocycles. The molecule has 0 aromatic rings. The third-order valence-corrected chi connectivity index (χ3v) is 6.67. The van der Waals surface area contributed by atoms with Crippen molar-refractivity contribution in [3.63, 3.8) is 0 Å². The molecular formula is C19H43N3O6S3. The lowest BCUT2D eigenvalue weighted by Crippen LogP contribution is -2.36. The van der Waals surface area contributed by atoms with Crippen molar-refractivity contribution in [2.75, 3.05) is 17.8 Å². The van der Waals surface area contributed by atoms with E-state index in [1.54, 1.807) is 34.6 Å². The first-order chi connectivity index (χ1) is 13.5. The van der Waals surface area contributed by atoms with Crippen molar-refractivity contribution in [1.82, 2.24) is 14.2 Å². The maximum absolute atomic E-state index is 11.3. The molecule has 0 aliphatic carbocycles. The normalized spacial score (nSPS) is 12.5. The fourth-order valence-electron chi connectivity index (χ4n) is 1.97. The zero-order chi connectivity index (χ0) is 25.7. The molecule has 0 unspecified atom stereocenters. The number of hydrogen-bond acceptors (Lipinski definition) is 6. The maximum atomic E-state index is 11.3. The lowest BCUT2D eigenvalue weighted by molar-refractivity contribution is 0.456. The van der Waals surface area contributed by atoms with E-state index in [2.05, 4.69) is 26.0 Å². The van der Waals surface area contributed by atoms with Gasteiger partial charge in [0.15, 0.2) is 0 Å². The molecule has 0 fully saturated rings. The highest BCUT2D eigenvalue weighted by molar-refractivity contribution is 7.90. The monoisotopic (exact) mass is 505 g/mol. The average Bonchev–Trinajstić information content (AvgIpc) is 2.37. The molecule has 0 amide bonds. The summed E-state index contributed by atoms with van der Waals surface area (Å²) >= 11 is 0. The van der Waals surface area contributed by atoms with Crippen LogP contribution in [0.5, 0.6) is 0 Å². The quantitative estimate of drug-likeness (QED) is 0.429. The fraction of sp³-hybridized carbons (Fsp3) is 0.895. The van der Waals surface area contributed by atoms with E-state index in [-0.39, 0.29) is 35.0 Å². The molecule has 0 atom stereocenters. The van der Waals surface area contributed by atoms with Crippen LogP contribution in [0.15, 0.2) is 0 Å². The summed E-state index contributed by atoms with van der Waals surface area (Å²) in [5.74, 6) is 5.09. The van der Waals surface area contributed by atoms with Crippen LogP contribution in [0, 0.1) is 17.3 Å². The predicted molar refractivity (Wildman–Crippen MR) is 130 cm³/mol. The molecule has 0 rings (SSSR count). The second-order valence-corrected chi connectivity index (χ2v) is 14.4. The summed E-state index contributed by atoms with van der Waals surface area (Å²) in [4.78, 5) is 0. The molecule has 3 N–H and O–H groups in total. The first-order valence-electron chi connectivity index (χ1n) is 9.89. The lowest BCUT2D eigenvalue weighted by Gasteiger charge is -2.19. The minimum atomic E-state index is -3.17. The molecule has 0 bridgehead atoms. The lowest BCUT2D eigenvalue weighted by atomic mass is 10.0. The van der Waals surface area contributed by atoms with E-state index in [1.807, 2.05) is 34.6 Å². The summed E-state index contributed by atoms with van der Waals surface area (Å²) < 4.78 is 72.7. The second-order valence-electron chi connectivity index (χ2n) is 9.10. The zero-order valence-corrected chi connectivity index (χ0v) is 23.3. The Morgan fingerprint density at radius 3 is 1.29 bits per heavy atom. The second kappa shape index (κ2) is 15.2. The van der Waals surface area contributed by atoms with Crippen LogP contribution in [-0.4, -0.2) is 61.1 Å². The minimum Gasteiger partial charge on any atom is -0.213 e. The van der Waals surface area contributed by atoms with E-state index in [1.165, 1.54) is 0 Å². The largest absolute Gasteiger partial charge is 0.223 e. The van der Waals surface area contributed by atoms with Crippen molar-refractivity contribution in [1.29, 1.82) is 0 Å². The van der Waals surface area contributed by atoms with Gasteiger partial charge in [0.05, 0.1) is 12.0 Å². The van der Waals surface area contributed by atoms with Gasteiger partial charge in [-0.15, -0.1) is 5.92 Å². The Morgan fingerprint density at radius 2 is 1.06 bits per heavy atom. The molecular weight excluding hydrogens is 462 g/mol. The van der Waals surface area contributed by atoms with Crippen molar-refractivity contribution in [3.05, 3.63) is 0 Å². The van der Waals surface area contributed by atoms with E-state index < -0.39 is 30.1 Å². The van der Waals surface area contributed by atoms with Gasteiger partial charge in [0, 0.05) is 18.1 Å². The van der Waals surface area contributed by atoms with E-state index in [4.69, 9.17) is 0 Å². The molecule has 0 aliphatic heterocycles. The van der Waals surface area contributed by atoms with Crippen LogP contribution >= 0.6 is 0 Å². The first kappa shape index (κ1) is 34.9. The third kappa shape index (κ3) is 34.1. The van der Waals surface area contributed by atoms with Crippen LogP contribution in [0.4, 0.5) is 0 Å². The molecule has 0 aromatic heterocycles. The SMILES string of the molecule is CC#CCS(=O)(=O)NC(C)C.CC(C)NS(=O)(=O)CC(C)(C)C.CC(C)NS(C)(=O)=O. The smallest absolute Gasteiger partial charge is 0.213 e. The number of rotatable bonds is 8. The Morgan fingerprint density at radius 1 is 0.710 bits per heavy atom. The minimum absolute atomic E-state index is 0.00463. The van der Waals surface area contributed by atoms with Crippen LogP contribution in [0.25, 0.3) is 0 Å². The van der Waals surface area contributed by atoms with Crippen molar-refractivity contribution >= 4 is 30.1 Å². The Hall–Kier alpha value is -0.710. The molecule has 0 aromatic carbocycles. The number of hydrogen-bond donors (Lipinski definition) is 3. The molecule has 31 heavy (non-hydrogen) atoms. The summed E-state index contributed by atoms with van der Waals surface area (Å²) in [7, 11) is -9.23. The van der Waals surface area contributed by atoms with Gasteiger partial charge in [-0.05, 0) is 53.9 Å². The van der Waals surface area contributed by atoms with E-state index >= 15 is 0 Å². The van der Waals surface area contributed by atoms with Gasteiger partial charge < -0.3 is 0 Å². The highest BCUT2D eigenvalue weighted by atomic mass is 32.2. The van der Waals surface area contributed by atoms with Gasteiger partial charge in [0.2, 0.25) is 30.1 Å². The Labute approximate surface area is 191 Å². The number of nitrogens with one attached hydrogen (secondary N) is 3. The van der Waals surface area contributed by atoms with Gasteiger partial charge in [-0.25, -0.2) is 39.4 Å². The van der Waals surface area contributed by atoms with Gasteiger partial charge in [-0.2, -0.15) is 0 Å². The van der Waals surface area contributed by atoms with Gasteiger partial charge in [0.25, 0.3) is 0 Å². The summed E-state index contributed by atoms with van der Waals surface area (Å²) in [5.41, 5.74) is -0.180. The molecule has 0 spiro atoms. The molecule has 0 aliphatic rings. The topological polar surface area (TPSA) is 139 Å². The Bertz CT molecular complexity index is 859. The van der Waals surface area contributed by atoms with Gasteiger partial charge in [-0.3, -0.25) is 0 Å². The summed E-state index contributed by atoms with van der Waals surface area (Å²) in [6.07, 6.45) is 1.15. The van der Waals surface area contributed by atoms with Crippen LogP contribution in [0.1, 0.15) is 69.2 Å². The molecule has 0 saturated heterocycles. The first-order valence-corrected chi connectivity index (χ1v) is 15.1. The van der Waals surface area contributed by atoms with Gasteiger partial charge in [0.1, 0.15) is 5.75 Å². The standard InChI is InChI=1S/C8H19NO2S.C7H13NO2S.C4H11NO2S/c1-7(2)9-12(10,11)6-8(3,4)5;1-4-5-6-11(9,10)8-7(2)3;1-4(2)5-8(3,6)7/h7,9H,6H2,1-5H3;7-8H,6H2,1-3H3;4-5H,1-3H3. The molecule has 12 heteroatoms. The maximum Gasteiger partial charge on any atom is 0.223 e. The van der Waals surface area contributed by atoms with Crippen molar-refractivity contribution < 1.29 is 25.3 Å². The van der Waals surface area contributed by atoms with Gasteiger partial charge >= 0.3 is 0 Å². The molecule has 0 radical (unpaired) electrons. The van der Waals surface area contributed by atoms with Crippen molar-refractivity contribution in [2.45, 2.75) is 87.4 Å². The number of sulfonamides is 3. The van der Waals surface area contributed by atoms with E-state index in [0.29, 0.717) is 0 Å². The van der Waals surface area contributed by atoms with Gasteiger partial charge in [-0.1, -0.05) is 26.7 Å². The third-order valence-electron chi connectivity index (χ3n) is 2.34. The van der Waals surface area contributed by atoms with Crippen LogP contribution < -0.4 is 14.2 Å². The van der Waals surface area contributed by atoms with Crippen molar-refractivity contribution in [2.24, 2.45) is 5.41 Å². The molecule has 188 valence electrons. The van der Waals surface area contributed by atoms with E-state index in [9.17, 15) is 25.3 Å². The molecule has 0 heterocycles. The summed E-state index contributed by atoms with van der Waals surface area (Å²) in [5, 5.41) is 0. The fourth-order valence-corrected chi connectivity index (χ4v) is 5.90. The van der Waals surface area contributed by atoms with E-state index in [0.717, 1.165) is 6.26 Å².